The van der Waals surface area contributed by atoms with Gasteiger partial charge in [-0.1, -0.05) is 0 Å². The SMILES string of the molecule is O=S(=O)(Nc1ccc(C(F)(F)F)cc1)c1cc(CO)cs1. The molecule has 0 aliphatic rings. The van der Waals surface area contributed by atoms with Crippen molar-refractivity contribution >= 4 is 27.0 Å². The lowest BCUT2D eigenvalue weighted by Gasteiger charge is -2.09. The van der Waals surface area contributed by atoms with Crippen LogP contribution in [0.3, 0.4) is 0 Å². The van der Waals surface area contributed by atoms with E-state index in [0.717, 1.165) is 35.6 Å². The first-order valence-electron chi connectivity index (χ1n) is 5.61. The third kappa shape index (κ3) is 3.74. The zero-order chi connectivity index (χ0) is 15.7. The van der Waals surface area contributed by atoms with E-state index >= 15 is 0 Å². The van der Waals surface area contributed by atoms with Gasteiger partial charge in [-0.2, -0.15) is 13.2 Å². The van der Waals surface area contributed by atoms with Crippen LogP contribution >= 0.6 is 11.3 Å². The van der Waals surface area contributed by atoms with Crippen molar-refractivity contribution in [2.24, 2.45) is 0 Å². The number of sulfonamides is 1. The van der Waals surface area contributed by atoms with Gasteiger partial charge in [0.1, 0.15) is 4.21 Å². The second kappa shape index (κ2) is 5.66. The number of aliphatic hydroxyl groups excluding tert-OH is 1. The Hall–Kier alpha value is -1.58. The fourth-order valence-electron chi connectivity index (χ4n) is 1.51. The predicted molar refractivity (Wildman–Crippen MR) is 72.5 cm³/mol. The molecule has 0 amide bonds. The molecule has 0 fully saturated rings. The quantitative estimate of drug-likeness (QED) is 0.901. The monoisotopic (exact) mass is 337 g/mol. The highest BCUT2D eigenvalue weighted by Crippen LogP contribution is 2.30. The number of alkyl halides is 3. The van der Waals surface area contributed by atoms with Gasteiger partial charge < -0.3 is 5.11 Å². The molecule has 0 spiro atoms. The number of benzene rings is 1. The van der Waals surface area contributed by atoms with E-state index in [1.165, 1.54) is 11.4 Å². The number of rotatable bonds is 4. The zero-order valence-corrected chi connectivity index (χ0v) is 12.0. The summed E-state index contributed by atoms with van der Waals surface area (Å²) >= 11 is 0.917. The molecule has 1 aromatic heterocycles. The van der Waals surface area contributed by atoms with Gasteiger partial charge in [-0.3, -0.25) is 4.72 Å². The topological polar surface area (TPSA) is 66.4 Å². The number of hydrogen-bond donors (Lipinski definition) is 2. The van der Waals surface area contributed by atoms with E-state index in [1.807, 2.05) is 0 Å². The van der Waals surface area contributed by atoms with Crippen LogP contribution in [0.25, 0.3) is 0 Å². The number of nitrogens with one attached hydrogen (secondary N) is 1. The summed E-state index contributed by atoms with van der Waals surface area (Å²) in [5.74, 6) is 0. The van der Waals surface area contributed by atoms with Crippen molar-refractivity contribution in [2.75, 3.05) is 4.72 Å². The molecular weight excluding hydrogens is 327 g/mol. The highest BCUT2D eigenvalue weighted by molar-refractivity contribution is 7.94. The minimum Gasteiger partial charge on any atom is -0.392 e. The minimum atomic E-state index is -4.47. The molecule has 0 saturated carbocycles. The molecular formula is C12H10F3NO3S2. The summed E-state index contributed by atoms with van der Waals surface area (Å²) in [7, 11) is -3.87. The van der Waals surface area contributed by atoms with Gasteiger partial charge in [0.05, 0.1) is 12.2 Å². The van der Waals surface area contributed by atoms with E-state index in [0.29, 0.717) is 5.56 Å². The lowest BCUT2D eigenvalue weighted by Crippen LogP contribution is -2.12. The summed E-state index contributed by atoms with van der Waals surface area (Å²) in [6, 6.07) is 4.98. The molecule has 4 nitrogen and oxygen atoms in total. The van der Waals surface area contributed by atoms with E-state index < -0.39 is 21.8 Å². The molecule has 1 aromatic carbocycles. The van der Waals surface area contributed by atoms with E-state index in [1.54, 1.807) is 0 Å². The molecule has 2 aromatic rings. The normalized spacial score (nSPS) is 12.4. The van der Waals surface area contributed by atoms with E-state index in [4.69, 9.17) is 5.11 Å². The molecule has 0 aliphatic carbocycles. The molecule has 0 radical (unpaired) electrons. The highest BCUT2D eigenvalue weighted by Gasteiger charge is 2.30. The van der Waals surface area contributed by atoms with Crippen LogP contribution in [0.15, 0.2) is 39.9 Å². The van der Waals surface area contributed by atoms with Gasteiger partial charge in [-0.25, -0.2) is 8.42 Å². The van der Waals surface area contributed by atoms with Gasteiger partial charge in [0.25, 0.3) is 10.0 Å². The lowest BCUT2D eigenvalue weighted by atomic mass is 10.2. The third-order valence-electron chi connectivity index (χ3n) is 2.54. The molecule has 9 heteroatoms. The van der Waals surface area contributed by atoms with Crippen LogP contribution in [0.2, 0.25) is 0 Å². The van der Waals surface area contributed by atoms with Gasteiger partial charge in [0.2, 0.25) is 0 Å². The number of aliphatic hydroxyl groups is 1. The lowest BCUT2D eigenvalue weighted by molar-refractivity contribution is -0.137. The summed E-state index contributed by atoms with van der Waals surface area (Å²) in [5.41, 5.74) is -0.376. The average molecular weight is 337 g/mol. The maximum absolute atomic E-state index is 12.4. The Bertz CT molecular complexity index is 721. The first kappa shape index (κ1) is 15.8. The highest BCUT2D eigenvalue weighted by atomic mass is 32.2. The standard InChI is InChI=1S/C12H10F3NO3S2/c13-12(14,15)9-1-3-10(4-2-9)16-21(18,19)11-5-8(6-17)7-20-11/h1-5,7,16-17H,6H2. The van der Waals surface area contributed by atoms with Crippen LogP contribution in [0.4, 0.5) is 18.9 Å². The molecule has 2 rings (SSSR count). The Balaban J connectivity index is 2.21. The van der Waals surface area contributed by atoms with Crippen LogP contribution in [-0.2, 0) is 22.8 Å². The summed E-state index contributed by atoms with van der Waals surface area (Å²) in [5, 5.41) is 10.4. The minimum absolute atomic E-state index is 0.0218. The van der Waals surface area contributed by atoms with Crippen LogP contribution in [0.5, 0.6) is 0 Å². The van der Waals surface area contributed by atoms with Gasteiger partial charge in [0.15, 0.2) is 0 Å². The first-order chi connectivity index (χ1) is 9.72. The van der Waals surface area contributed by atoms with Crippen molar-refractivity contribution in [3.8, 4) is 0 Å². The summed E-state index contributed by atoms with van der Waals surface area (Å²) in [6.07, 6.45) is -4.47. The van der Waals surface area contributed by atoms with Crippen LogP contribution in [0.1, 0.15) is 11.1 Å². The van der Waals surface area contributed by atoms with Crippen molar-refractivity contribution < 1.29 is 26.7 Å². The van der Waals surface area contributed by atoms with Crippen molar-refractivity contribution in [3.05, 3.63) is 46.8 Å². The van der Waals surface area contributed by atoms with Crippen molar-refractivity contribution in [3.63, 3.8) is 0 Å². The summed E-state index contributed by atoms with van der Waals surface area (Å²) < 4.78 is 63.4. The smallest absolute Gasteiger partial charge is 0.392 e. The second-order valence-corrected chi connectivity index (χ2v) is 6.93. The van der Waals surface area contributed by atoms with Gasteiger partial charge >= 0.3 is 6.18 Å². The van der Waals surface area contributed by atoms with Crippen LogP contribution in [0, 0.1) is 0 Å². The second-order valence-electron chi connectivity index (χ2n) is 4.11. The summed E-state index contributed by atoms with van der Waals surface area (Å²) in [6.45, 7) is -0.285. The third-order valence-corrected chi connectivity index (χ3v) is 5.41. The Morgan fingerprint density at radius 3 is 2.29 bits per heavy atom. The zero-order valence-electron chi connectivity index (χ0n) is 10.4. The Labute approximate surface area is 122 Å². The van der Waals surface area contributed by atoms with Gasteiger partial charge in [0, 0.05) is 5.69 Å². The van der Waals surface area contributed by atoms with Crippen molar-refractivity contribution in [1.82, 2.24) is 0 Å². The van der Waals surface area contributed by atoms with E-state index in [9.17, 15) is 21.6 Å². The number of hydrogen-bond acceptors (Lipinski definition) is 4. The molecule has 1 heterocycles. The summed E-state index contributed by atoms with van der Waals surface area (Å²) in [4.78, 5) is 0. The maximum Gasteiger partial charge on any atom is 0.416 e. The number of thiophene rings is 1. The Morgan fingerprint density at radius 1 is 1.19 bits per heavy atom. The molecule has 114 valence electrons. The fraction of sp³-hybridized carbons (Fsp3) is 0.167. The maximum atomic E-state index is 12.4. The predicted octanol–water partition coefficient (Wildman–Crippen LogP) is 3.06. The molecule has 0 saturated heterocycles. The first-order valence-corrected chi connectivity index (χ1v) is 7.97. The Kier molecular flexibility index (Phi) is 4.26. The Morgan fingerprint density at radius 2 is 1.81 bits per heavy atom. The molecule has 0 unspecified atom stereocenters. The number of halogens is 3. The van der Waals surface area contributed by atoms with Crippen LogP contribution in [-0.4, -0.2) is 13.5 Å². The van der Waals surface area contributed by atoms with Crippen LogP contribution < -0.4 is 4.72 Å². The van der Waals surface area contributed by atoms with E-state index in [2.05, 4.69) is 4.72 Å². The molecule has 0 atom stereocenters. The fourth-order valence-corrected chi connectivity index (χ4v) is 3.77. The largest absolute Gasteiger partial charge is 0.416 e. The molecule has 21 heavy (non-hydrogen) atoms. The van der Waals surface area contributed by atoms with Crippen molar-refractivity contribution in [2.45, 2.75) is 17.0 Å². The van der Waals surface area contributed by atoms with E-state index in [-0.39, 0.29) is 16.5 Å². The number of anilines is 1. The molecule has 0 bridgehead atoms. The van der Waals surface area contributed by atoms with Gasteiger partial charge in [-0.15, -0.1) is 11.3 Å². The van der Waals surface area contributed by atoms with Crippen molar-refractivity contribution in [1.29, 1.82) is 0 Å². The molecule has 0 aliphatic heterocycles. The average Bonchev–Trinajstić information content (AvgIpc) is 2.87. The van der Waals surface area contributed by atoms with Gasteiger partial charge in [-0.05, 0) is 41.3 Å². The molecule has 2 N–H and O–H groups in total.